The molecule has 0 spiro atoms. The summed E-state index contributed by atoms with van der Waals surface area (Å²) in [7, 11) is 0. The van der Waals surface area contributed by atoms with Crippen molar-refractivity contribution in [1.29, 1.82) is 0 Å². The summed E-state index contributed by atoms with van der Waals surface area (Å²) in [6, 6.07) is 5.10. The molecule has 0 aromatic heterocycles. The van der Waals surface area contributed by atoms with E-state index in [-0.39, 0.29) is 16.5 Å². The quantitative estimate of drug-likeness (QED) is 0.437. The van der Waals surface area contributed by atoms with Gasteiger partial charge in [0.25, 0.3) is 5.69 Å². The van der Waals surface area contributed by atoms with Gasteiger partial charge in [0.15, 0.2) is 0 Å². The highest BCUT2D eigenvalue weighted by molar-refractivity contribution is 7.98. The topological polar surface area (TPSA) is 43.1 Å². The molecular formula is C10H12NO2S. The van der Waals surface area contributed by atoms with Crippen molar-refractivity contribution in [3.8, 4) is 0 Å². The Balaban J connectivity index is 3.20. The molecule has 1 atom stereocenters. The van der Waals surface area contributed by atoms with Gasteiger partial charge in [-0.25, -0.2) is 0 Å². The Morgan fingerprint density at radius 3 is 2.57 bits per heavy atom. The van der Waals surface area contributed by atoms with Crippen molar-refractivity contribution in [1.82, 2.24) is 0 Å². The molecular weight excluding hydrogens is 198 g/mol. The van der Waals surface area contributed by atoms with E-state index in [1.807, 2.05) is 19.2 Å². The zero-order valence-corrected chi connectivity index (χ0v) is 9.00. The van der Waals surface area contributed by atoms with Crippen molar-refractivity contribution in [3.63, 3.8) is 0 Å². The Morgan fingerprint density at radius 1 is 1.50 bits per heavy atom. The van der Waals surface area contributed by atoms with Crippen LogP contribution in [-0.4, -0.2) is 11.2 Å². The van der Waals surface area contributed by atoms with Crippen LogP contribution in [0, 0.1) is 17.0 Å². The fourth-order valence-electron chi connectivity index (χ4n) is 1.11. The van der Waals surface area contributed by atoms with Crippen LogP contribution >= 0.6 is 11.8 Å². The van der Waals surface area contributed by atoms with Crippen molar-refractivity contribution in [2.24, 2.45) is 0 Å². The second-order valence-electron chi connectivity index (χ2n) is 3.12. The highest BCUT2D eigenvalue weighted by Crippen LogP contribution is 2.27. The number of benzene rings is 1. The number of nitrogens with zero attached hydrogens (tertiary/aromatic N) is 1. The highest BCUT2D eigenvalue weighted by Gasteiger charge is 2.10. The first kappa shape index (κ1) is 11.0. The first-order valence-corrected chi connectivity index (χ1v) is 5.43. The molecule has 75 valence electrons. The van der Waals surface area contributed by atoms with Crippen LogP contribution in [0.5, 0.6) is 0 Å². The molecule has 1 radical (unpaired) electrons. The number of nitro benzene ring substituents is 1. The van der Waals surface area contributed by atoms with Crippen molar-refractivity contribution in [2.45, 2.75) is 17.7 Å². The van der Waals surface area contributed by atoms with Gasteiger partial charge in [0.2, 0.25) is 0 Å². The zero-order chi connectivity index (χ0) is 10.7. The molecule has 14 heavy (non-hydrogen) atoms. The molecule has 0 saturated carbocycles. The molecule has 0 N–H and O–H groups in total. The predicted molar refractivity (Wildman–Crippen MR) is 58.6 cm³/mol. The van der Waals surface area contributed by atoms with E-state index in [1.165, 1.54) is 11.8 Å². The summed E-state index contributed by atoms with van der Waals surface area (Å²) in [5.74, 6) is 0.0702. The van der Waals surface area contributed by atoms with E-state index in [1.54, 1.807) is 12.1 Å². The summed E-state index contributed by atoms with van der Waals surface area (Å²) in [5, 5.41) is 10.6. The largest absolute Gasteiger partial charge is 0.270 e. The monoisotopic (exact) mass is 210 g/mol. The van der Waals surface area contributed by atoms with Crippen LogP contribution in [0.1, 0.15) is 18.4 Å². The minimum absolute atomic E-state index is 0.0702. The summed E-state index contributed by atoms with van der Waals surface area (Å²) < 4.78 is 0. The van der Waals surface area contributed by atoms with E-state index in [0.29, 0.717) is 0 Å². The van der Waals surface area contributed by atoms with Gasteiger partial charge in [-0.15, -0.1) is 11.8 Å². The second kappa shape index (κ2) is 4.46. The first-order chi connectivity index (χ1) is 6.54. The van der Waals surface area contributed by atoms with Gasteiger partial charge in [0.05, 0.1) is 4.92 Å². The van der Waals surface area contributed by atoms with E-state index in [2.05, 4.69) is 6.92 Å². The summed E-state index contributed by atoms with van der Waals surface area (Å²) in [6.45, 7) is 5.77. The molecule has 0 bridgehead atoms. The van der Waals surface area contributed by atoms with Crippen LogP contribution in [0.3, 0.4) is 0 Å². The number of rotatable bonds is 3. The molecule has 0 heterocycles. The van der Waals surface area contributed by atoms with Gasteiger partial charge < -0.3 is 0 Å². The summed E-state index contributed by atoms with van der Waals surface area (Å²) >= 11 is 1.50. The van der Waals surface area contributed by atoms with E-state index in [4.69, 9.17) is 0 Å². The van der Waals surface area contributed by atoms with Crippen LogP contribution in [-0.2, 0) is 0 Å². The van der Waals surface area contributed by atoms with Gasteiger partial charge in [-0.1, -0.05) is 6.92 Å². The van der Waals surface area contributed by atoms with E-state index in [9.17, 15) is 10.1 Å². The van der Waals surface area contributed by atoms with Crippen LogP contribution in [0.2, 0.25) is 0 Å². The molecule has 1 unspecified atom stereocenters. The van der Waals surface area contributed by atoms with Gasteiger partial charge in [0, 0.05) is 17.0 Å². The van der Waals surface area contributed by atoms with Crippen molar-refractivity contribution in [3.05, 3.63) is 40.8 Å². The minimum atomic E-state index is -0.369. The van der Waals surface area contributed by atoms with Crippen molar-refractivity contribution >= 4 is 17.4 Å². The van der Waals surface area contributed by atoms with Crippen molar-refractivity contribution < 1.29 is 4.92 Å². The Kier molecular flexibility index (Phi) is 3.52. The molecule has 3 nitrogen and oxygen atoms in total. The molecule has 4 heteroatoms. The normalized spacial score (nSPS) is 10.6. The van der Waals surface area contributed by atoms with Crippen LogP contribution in [0.4, 0.5) is 5.69 Å². The van der Waals surface area contributed by atoms with Crippen LogP contribution in [0.25, 0.3) is 0 Å². The maximum atomic E-state index is 10.6. The maximum absolute atomic E-state index is 10.6. The average molecular weight is 210 g/mol. The van der Waals surface area contributed by atoms with Gasteiger partial charge in [-0.3, -0.25) is 10.1 Å². The predicted octanol–water partition coefficient (Wildman–Crippen LogP) is 3.25. The molecule has 0 aliphatic heterocycles. The molecule has 0 aliphatic carbocycles. The Labute approximate surface area is 87.7 Å². The SMILES string of the molecule is [CH2]C(C)c1cc(SC)cc([N+](=O)[O-])c1. The van der Waals surface area contributed by atoms with E-state index < -0.39 is 0 Å². The van der Waals surface area contributed by atoms with Gasteiger partial charge in [-0.05, 0) is 30.7 Å². The third kappa shape index (κ3) is 2.48. The Hall–Kier alpha value is -1.03. The molecule has 1 aromatic carbocycles. The van der Waals surface area contributed by atoms with E-state index >= 15 is 0 Å². The summed E-state index contributed by atoms with van der Waals surface area (Å²) in [4.78, 5) is 11.2. The lowest BCUT2D eigenvalue weighted by Gasteiger charge is -2.06. The molecule has 1 rings (SSSR count). The fraction of sp³-hybridized carbons (Fsp3) is 0.300. The lowest BCUT2D eigenvalue weighted by Crippen LogP contribution is -1.93. The van der Waals surface area contributed by atoms with Gasteiger partial charge in [-0.2, -0.15) is 0 Å². The molecule has 1 aromatic rings. The lowest BCUT2D eigenvalue weighted by atomic mass is 10.0. The van der Waals surface area contributed by atoms with Gasteiger partial charge in [0.1, 0.15) is 0 Å². The summed E-state index contributed by atoms with van der Waals surface area (Å²) in [5.41, 5.74) is 1.05. The highest BCUT2D eigenvalue weighted by atomic mass is 32.2. The second-order valence-corrected chi connectivity index (χ2v) is 4.00. The first-order valence-electron chi connectivity index (χ1n) is 4.21. The van der Waals surface area contributed by atoms with Crippen LogP contribution < -0.4 is 0 Å². The minimum Gasteiger partial charge on any atom is -0.258 e. The number of non-ortho nitro benzene ring substituents is 1. The fourth-order valence-corrected chi connectivity index (χ4v) is 1.61. The van der Waals surface area contributed by atoms with Crippen molar-refractivity contribution in [2.75, 3.05) is 6.26 Å². The number of hydrogen-bond donors (Lipinski definition) is 0. The smallest absolute Gasteiger partial charge is 0.258 e. The number of nitro groups is 1. The zero-order valence-electron chi connectivity index (χ0n) is 8.19. The average Bonchev–Trinajstić information content (AvgIpc) is 2.16. The molecule has 0 saturated heterocycles. The third-order valence-corrected chi connectivity index (χ3v) is 2.64. The Morgan fingerprint density at radius 2 is 2.14 bits per heavy atom. The Bertz CT molecular complexity index is 350. The molecule has 0 amide bonds. The number of hydrogen-bond acceptors (Lipinski definition) is 3. The third-order valence-electron chi connectivity index (χ3n) is 1.93. The molecule has 0 aliphatic rings. The van der Waals surface area contributed by atoms with Gasteiger partial charge >= 0.3 is 0 Å². The number of thioether (sulfide) groups is 1. The maximum Gasteiger partial charge on any atom is 0.270 e. The standard InChI is InChI=1S/C10H12NO2S/c1-7(2)8-4-9(11(12)13)6-10(5-8)14-3/h4-7H,1H2,2-3H3. The lowest BCUT2D eigenvalue weighted by molar-refractivity contribution is -0.385. The van der Waals surface area contributed by atoms with E-state index in [0.717, 1.165) is 10.5 Å². The van der Waals surface area contributed by atoms with Crippen LogP contribution in [0.15, 0.2) is 23.1 Å². The molecule has 0 fully saturated rings. The summed E-state index contributed by atoms with van der Waals surface area (Å²) in [6.07, 6.45) is 1.90.